The molecule has 4 aromatic carbocycles. The van der Waals surface area contributed by atoms with Crippen LogP contribution in [0.2, 0.25) is 0 Å². The van der Waals surface area contributed by atoms with E-state index in [1.54, 1.807) is 30.3 Å². The van der Waals surface area contributed by atoms with Gasteiger partial charge in [-0.05, 0) is 59.5 Å². The largest absolute Gasteiger partial charge is 0.501 e. The maximum absolute atomic E-state index is 7.69. The van der Waals surface area contributed by atoms with E-state index in [-0.39, 0.29) is 36.6 Å². The Morgan fingerprint density at radius 1 is 0.698 bits per heavy atom. The summed E-state index contributed by atoms with van der Waals surface area (Å²) in [6.07, 6.45) is 3.21. The van der Waals surface area contributed by atoms with Gasteiger partial charge in [-0.2, -0.15) is 0 Å². The third-order valence-corrected chi connectivity index (χ3v) is 7.41. The van der Waals surface area contributed by atoms with Crippen molar-refractivity contribution < 1.29 is 32.7 Å². The molecule has 0 saturated heterocycles. The molecule has 1 radical (unpaired) electrons. The van der Waals surface area contributed by atoms with Crippen LogP contribution in [0.5, 0.6) is 0 Å². The number of rotatable bonds is 4. The molecule has 0 bridgehead atoms. The molecular weight excluding hydrogens is 705 g/mol. The van der Waals surface area contributed by atoms with Gasteiger partial charge >= 0.3 is 0 Å². The number of furan rings is 1. The molecule has 0 N–H and O–H groups in total. The number of aryl methyl sites for hydroxylation is 2. The molecule has 0 spiro atoms. The molecule has 7 aromatic rings. The Hall–Kier alpha value is -4.37. The molecule has 3 nitrogen and oxygen atoms in total. The topological polar surface area (TPSA) is 38.9 Å². The fourth-order valence-electron chi connectivity index (χ4n) is 5.02. The third-order valence-electron chi connectivity index (χ3n) is 7.41. The number of hydrogen-bond acceptors (Lipinski definition) is 3. The van der Waals surface area contributed by atoms with Crippen LogP contribution in [0.1, 0.15) is 44.3 Å². The Morgan fingerprint density at radius 2 is 1.51 bits per heavy atom. The SMILES string of the molecule is [2H]C([2H])([2H])c1ccc(-c2[c-]cccc2)nc1.[2H]C([2H])([2H])c1ccc2c(c1)oc1c(-c3cc(C(C)(C)c4ccccc4)ccn3)[c-]ccc12.[Ir]. The second-order valence-electron chi connectivity index (χ2n) is 10.5. The van der Waals surface area contributed by atoms with Gasteiger partial charge in [-0.3, -0.25) is 0 Å². The first-order valence-electron chi connectivity index (χ1n) is 16.7. The fraction of sp³-hybridized carbons (Fsp3) is 0.128. The fourth-order valence-corrected chi connectivity index (χ4v) is 5.02. The van der Waals surface area contributed by atoms with Crippen LogP contribution in [0.4, 0.5) is 0 Å². The molecule has 215 valence electrons. The molecule has 43 heavy (non-hydrogen) atoms. The Balaban J connectivity index is 0.000000233. The zero-order chi connectivity index (χ0) is 34.1. The molecule has 4 heteroatoms. The van der Waals surface area contributed by atoms with Crippen molar-refractivity contribution in [1.29, 1.82) is 0 Å². The summed E-state index contributed by atoms with van der Waals surface area (Å²) < 4.78 is 50.9. The first-order chi connectivity index (χ1) is 22.8. The van der Waals surface area contributed by atoms with E-state index in [2.05, 4.69) is 66.3 Å². The van der Waals surface area contributed by atoms with E-state index in [1.165, 1.54) is 11.8 Å². The van der Waals surface area contributed by atoms with Crippen molar-refractivity contribution in [2.45, 2.75) is 33.0 Å². The zero-order valence-electron chi connectivity index (χ0n) is 29.7. The van der Waals surface area contributed by atoms with E-state index in [4.69, 9.17) is 12.6 Å². The van der Waals surface area contributed by atoms with Gasteiger partial charge < -0.3 is 14.4 Å². The quantitative estimate of drug-likeness (QED) is 0.169. The third kappa shape index (κ3) is 6.37. The van der Waals surface area contributed by atoms with Crippen LogP contribution in [-0.2, 0) is 25.5 Å². The number of nitrogens with zero attached hydrogens (tertiary/aromatic N) is 2. The Morgan fingerprint density at radius 3 is 2.26 bits per heavy atom. The van der Waals surface area contributed by atoms with Crippen LogP contribution in [0.15, 0.2) is 126 Å². The minimum atomic E-state index is -2.18. The first kappa shape index (κ1) is 23.1. The molecule has 3 heterocycles. The summed E-state index contributed by atoms with van der Waals surface area (Å²) in [4.78, 5) is 8.74. The summed E-state index contributed by atoms with van der Waals surface area (Å²) in [5.74, 6) is 0. The van der Waals surface area contributed by atoms with Gasteiger partial charge in [0.1, 0.15) is 5.58 Å². The summed E-state index contributed by atoms with van der Waals surface area (Å²) in [5.41, 5.74) is 7.02. The van der Waals surface area contributed by atoms with Crippen LogP contribution in [0, 0.1) is 25.8 Å². The van der Waals surface area contributed by atoms with Crippen LogP contribution in [-0.4, -0.2) is 9.97 Å². The van der Waals surface area contributed by atoms with Gasteiger partial charge in [0.05, 0.1) is 5.58 Å². The molecule has 0 aliphatic rings. The van der Waals surface area contributed by atoms with Crippen molar-refractivity contribution in [2.75, 3.05) is 0 Å². The molecule has 0 fully saturated rings. The smallest absolute Gasteiger partial charge is 0.121 e. The van der Waals surface area contributed by atoms with Crippen molar-refractivity contribution in [3.63, 3.8) is 0 Å². The number of hydrogen-bond donors (Lipinski definition) is 0. The Bertz CT molecular complexity index is 2180. The molecule has 0 aliphatic heterocycles. The first-order valence-corrected chi connectivity index (χ1v) is 13.7. The molecule has 0 atom stereocenters. The Labute approximate surface area is 275 Å². The molecule has 0 aliphatic carbocycles. The molecule has 0 saturated carbocycles. The van der Waals surface area contributed by atoms with E-state index in [9.17, 15) is 0 Å². The molecule has 7 rings (SSSR count). The van der Waals surface area contributed by atoms with Gasteiger partial charge in [-0.25, -0.2) is 0 Å². The van der Waals surface area contributed by atoms with Crippen LogP contribution >= 0.6 is 0 Å². The second kappa shape index (κ2) is 12.9. The predicted molar refractivity (Wildman–Crippen MR) is 172 cm³/mol. The van der Waals surface area contributed by atoms with Crippen molar-refractivity contribution in [3.8, 4) is 22.5 Å². The number of fused-ring (bicyclic) bond motifs is 3. The van der Waals surface area contributed by atoms with Gasteiger partial charge in [-0.15, -0.1) is 54.1 Å². The standard InChI is InChI=1S/C27H22NO.C12H10N.Ir/c1-18-12-13-21-22-10-7-11-23(26(22)29-25(21)16-18)24-17-20(14-15-28-24)27(2,3)19-8-5-4-6-9-19;1-10-7-8-12(13-9-10)11-5-3-2-4-6-11;/h4-10,12-17H,1-3H3;2-5,7-9H,1H3;/q2*-1;/i2*1D3;. The van der Waals surface area contributed by atoms with Crippen LogP contribution in [0.25, 0.3) is 44.5 Å². The average Bonchev–Trinajstić information content (AvgIpc) is 3.47. The number of aromatic nitrogens is 2. The monoisotopic (exact) mass is 743 g/mol. The van der Waals surface area contributed by atoms with E-state index < -0.39 is 13.7 Å². The predicted octanol–water partition coefficient (Wildman–Crippen LogP) is 9.94. The molecule has 0 unspecified atom stereocenters. The zero-order valence-corrected chi connectivity index (χ0v) is 26.1. The van der Waals surface area contributed by atoms with Gasteiger partial charge in [0.25, 0.3) is 0 Å². The van der Waals surface area contributed by atoms with Crippen molar-refractivity contribution in [1.82, 2.24) is 9.97 Å². The summed E-state index contributed by atoms with van der Waals surface area (Å²) >= 11 is 0. The van der Waals surface area contributed by atoms with E-state index in [0.29, 0.717) is 11.2 Å². The van der Waals surface area contributed by atoms with Crippen molar-refractivity contribution >= 4 is 21.9 Å². The maximum atomic E-state index is 7.69. The van der Waals surface area contributed by atoms with Crippen molar-refractivity contribution in [3.05, 3.63) is 156 Å². The molecular formula is C39H32IrN2O-2. The Kier molecular flexibility index (Phi) is 6.92. The average molecular weight is 743 g/mol. The van der Waals surface area contributed by atoms with Gasteiger partial charge in [-0.1, -0.05) is 85.5 Å². The summed E-state index contributed by atoms with van der Waals surface area (Å²) in [5, 5.41) is 1.80. The second-order valence-corrected chi connectivity index (χ2v) is 10.5. The van der Waals surface area contributed by atoms with Gasteiger partial charge in [0, 0.05) is 51.5 Å². The molecule has 0 amide bonds. The minimum Gasteiger partial charge on any atom is -0.501 e. The van der Waals surface area contributed by atoms with Gasteiger partial charge in [0.2, 0.25) is 0 Å². The van der Waals surface area contributed by atoms with Crippen LogP contribution in [0.3, 0.4) is 0 Å². The van der Waals surface area contributed by atoms with E-state index in [1.807, 2.05) is 54.7 Å². The minimum absolute atomic E-state index is 0. The molecule has 3 aromatic heterocycles. The summed E-state index contributed by atoms with van der Waals surface area (Å²) in [7, 11) is 0. The summed E-state index contributed by atoms with van der Waals surface area (Å²) in [6, 6.07) is 40.4. The van der Waals surface area contributed by atoms with E-state index in [0.717, 1.165) is 38.9 Å². The number of benzene rings is 4. The normalized spacial score (nSPS) is 13.7. The maximum Gasteiger partial charge on any atom is 0.121 e. The van der Waals surface area contributed by atoms with Crippen LogP contribution < -0.4 is 0 Å². The summed E-state index contributed by atoms with van der Waals surface area (Å²) in [6.45, 7) is 0.125. The van der Waals surface area contributed by atoms with Gasteiger partial charge in [0.15, 0.2) is 0 Å². The van der Waals surface area contributed by atoms with Crippen molar-refractivity contribution in [2.24, 2.45) is 0 Å². The number of pyridine rings is 2. The van der Waals surface area contributed by atoms with E-state index >= 15 is 0 Å².